The van der Waals surface area contributed by atoms with Crippen LogP contribution in [0.3, 0.4) is 0 Å². The van der Waals surface area contributed by atoms with Crippen LogP contribution in [0.25, 0.3) is 0 Å². The molecule has 1 amide bonds. The highest BCUT2D eigenvalue weighted by Gasteiger charge is 2.24. The van der Waals surface area contributed by atoms with Gasteiger partial charge in [-0.3, -0.25) is 4.79 Å². The van der Waals surface area contributed by atoms with Gasteiger partial charge in [-0.05, 0) is 31.0 Å². The lowest BCUT2D eigenvalue weighted by atomic mass is 9.98. The third-order valence-electron chi connectivity index (χ3n) is 3.39. The van der Waals surface area contributed by atoms with Crippen LogP contribution in [0.5, 0.6) is 0 Å². The van der Waals surface area contributed by atoms with Gasteiger partial charge in [0.05, 0.1) is 5.92 Å². The Kier molecular flexibility index (Phi) is 6.63. The van der Waals surface area contributed by atoms with Crippen LogP contribution < -0.4 is 5.32 Å². The molecule has 0 bridgehead atoms. The summed E-state index contributed by atoms with van der Waals surface area (Å²) in [5.41, 5.74) is 0.999. The second kappa shape index (κ2) is 7.73. The highest BCUT2D eigenvalue weighted by molar-refractivity contribution is 6.31. The fourth-order valence-corrected chi connectivity index (χ4v) is 2.53. The van der Waals surface area contributed by atoms with Crippen molar-refractivity contribution in [2.24, 2.45) is 5.92 Å². The SMILES string of the molecule is CN(Cc1ccccc1Cl)C(=O)C1CCCNC1.Cl. The number of carbonyl (C=O) groups excluding carboxylic acids is 1. The van der Waals surface area contributed by atoms with Gasteiger partial charge in [-0.15, -0.1) is 12.4 Å². The largest absolute Gasteiger partial charge is 0.341 e. The molecule has 1 unspecified atom stereocenters. The van der Waals surface area contributed by atoms with Crippen LogP contribution in [-0.4, -0.2) is 30.9 Å². The fourth-order valence-electron chi connectivity index (χ4n) is 2.33. The number of hydrogen-bond acceptors (Lipinski definition) is 2. The summed E-state index contributed by atoms with van der Waals surface area (Å²) < 4.78 is 0. The van der Waals surface area contributed by atoms with Crippen LogP contribution in [-0.2, 0) is 11.3 Å². The monoisotopic (exact) mass is 302 g/mol. The van der Waals surface area contributed by atoms with Gasteiger partial charge in [0.1, 0.15) is 0 Å². The molecule has 5 heteroatoms. The van der Waals surface area contributed by atoms with Crippen molar-refractivity contribution in [2.75, 3.05) is 20.1 Å². The molecule has 1 atom stereocenters. The summed E-state index contributed by atoms with van der Waals surface area (Å²) in [5.74, 6) is 0.327. The minimum absolute atomic E-state index is 0. The highest BCUT2D eigenvalue weighted by Crippen LogP contribution is 2.19. The fraction of sp³-hybridized carbons (Fsp3) is 0.500. The van der Waals surface area contributed by atoms with E-state index in [9.17, 15) is 4.79 Å². The van der Waals surface area contributed by atoms with E-state index in [-0.39, 0.29) is 24.2 Å². The van der Waals surface area contributed by atoms with E-state index in [0.717, 1.165) is 36.5 Å². The molecule has 1 N–H and O–H groups in total. The zero-order valence-electron chi connectivity index (χ0n) is 11.1. The van der Waals surface area contributed by atoms with E-state index in [4.69, 9.17) is 11.6 Å². The number of piperidine rings is 1. The maximum absolute atomic E-state index is 12.3. The molecule has 1 saturated heterocycles. The minimum atomic E-state index is 0. The summed E-state index contributed by atoms with van der Waals surface area (Å²) in [4.78, 5) is 14.0. The van der Waals surface area contributed by atoms with Gasteiger partial charge >= 0.3 is 0 Å². The van der Waals surface area contributed by atoms with Crippen molar-refractivity contribution in [2.45, 2.75) is 19.4 Å². The number of nitrogens with zero attached hydrogens (tertiary/aromatic N) is 1. The Hall–Kier alpha value is -0.770. The van der Waals surface area contributed by atoms with Crippen molar-refractivity contribution in [3.63, 3.8) is 0 Å². The predicted molar refractivity (Wildman–Crippen MR) is 80.8 cm³/mol. The zero-order valence-corrected chi connectivity index (χ0v) is 12.6. The van der Waals surface area contributed by atoms with Crippen LogP contribution in [0.15, 0.2) is 24.3 Å². The third kappa shape index (κ3) is 4.37. The maximum atomic E-state index is 12.3. The second-order valence-electron chi connectivity index (χ2n) is 4.83. The van der Waals surface area contributed by atoms with Gasteiger partial charge < -0.3 is 10.2 Å². The van der Waals surface area contributed by atoms with Gasteiger partial charge in [0, 0.05) is 25.2 Å². The van der Waals surface area contributed by atoms with E-state index in [2.05, 4.69) is 5.32 Å². The van der Waals surface area contributed by atoms with Crippen LogP contribution in [0.1, 0.15) is 18.4 Å². The molecular weight excluding hydrogens is 283 g/mol. The molecule has 1 aliphatic heterocycles. The lowest BCUT2D eigenvalue weighted by Gasteiger charge is -2.27. The number of rotatable bonds is 3. The Balaban J connectivity index is 0.00000180. The average molecular weight is 303 g/mol. The Morgan fingerprint density at radius 3 is 2.84 bits per heavy atom. The van der Waals surface area contributed by atoms with Gasteiger partial charge in [0.25, 0.3) is 0 Å². The zero-order chi connectivity index (χ0) is 13.0. The summed E-state index contributed by atoms with van der Waals surface area (Å²) in [5, 5.41) is 3.99. The molecule has 1 heterocycles. The van der Waals surface area contributed by atoms with Crippen molar-refractivity contribution < 1.29 is 4.79 Å². The van der Waals surface area contributed by atoms with Gasteiger partial charge in [0.2, 0.25) is 5.91 Å². The molecule has 0 radical (unpaired) electrons. The van der Waals surface area contributed by atoms with E-state index in [1.165, 1.54) is 0 Å². The van der Waals surface area contributed by atoms with Gasteiger partial charge in [-0.2, -0.15) is 0 Å². The normalized spacial score (nSPS) is 18.5. The quantitative estimate of drug-likeness (QED) is 0.931. The van der Waals surface area contributed by atoms with Crippen molar-refractivity contribution in [3.8, 4) is 0 Å². The molecule has 106 valence electrons. The van der Waals surface area contributed by atoms with Crippen molar-refractivity contribution in [1.29, 1.82) is 0 Å². The van der Waals surface area contributed by atoms with Gasteiger partial charge in [0.15, 0.2) is 0 Å². The minimum Gasteiger partial charge on any atom is -0.341 e. The van der Waals surface area contributed by atoms with E-state index in [1.54, 1.807) is 4.90 Å². The third-order valence-corrected chi connectivity index (χ3v) is 3.76. The first-order chi connectivity index (χ1) is 8.68. The van der Waals surface area contributed by atoms with E-state index < -0.39 is 0 Å². The summed E-state index contributed by atoms with van der Waals surface area (Å²) in [6, 6.07) is 7.67. The highest BCUT2D eigenvalue weighted by atomic mass is 35.5. The summed E-state index contributed by atoms with van der Waals surface area (Å²) in [6.07, 6.45) is 2.06. The number of hydrogen-bond donors (Lipinski definition) is 1. The smallest absolute Gasteiger partial charge is 0.227 e. The second-order valence-corrected chi connectivity index (χ2v) is 5.24. The van der Waals surface area contributed by atoms with E-state index in [1.807, 2.05) is 31.3 Å². The standard InChI is InChI=1S/C14H19ClN2O.ClH/c1-17(10-12-5-2-3-7-13(12)15)14(18)11-6-4-8-16-9-11;/h2-3,5,7,11,16H,4,6,8-10H2,1H3;1H. The predicted octanol–water partition coefficient (Wildman–Crippen LogP) is 2.72. The molecule has 3 nitrogen and oxygen atoms in total. The Bertz CT molecular complexity index is 420. The van der Waals surface area contributed by atoms with Gasteiger partial charge in [-0.1, -0.05) is 29.8 Å². The lowest BCUT2D eigenvalue weighted by molar-refractivity contribution is -0.135. The average Bonchev–Trinajstić information content (AvgIpc) is 2.41. The molecule has 1 aliphatic rings. The molecule has 0 aromatic heterocycles. The van der Waals surface area contributed by atoms with Crippen LogP contribution >= 0.6 is 24.0 Å². The number of carbonyl (C=O) groups is 1. The molecule has 1 fully saturated rings. The molecular formula is C14H20Cl2N2O. The number of nitrogens with one attached hydrogen (secondary N) is 1. The molecule has 1 aromatic rings. The number of halogens is 2. The molecule has 1 aromatic carbocycles. The van der Waals surface area contributed by atoms with E-state index in [0.29, 0.717) is 6.54 Å². The van der Waals surface area contributed by atoms with Crippen LogP contribution in [0, 0.1) is 5.92 Å². The lowest BCUT2D eigenvalue weighted by Crippen LogP contribution is -2.41. The van der Waals surface area contributed by atoms with Gasteiger partial charge in [-0.25, -0.2) is 0 Å². The van der Waals surface area contributed by atoms with Crippen molar-refractivity contribution in [1.82, 2.24) is 10.2 Å². The summed E-state index contributed by atoms with van der Waals surface area (Å²) >= 11 is 6.11. The Morgan fingerprint density at radius 1 is 1.47 bits per heavy atom. The van der Waals surface area contributed by atoms with Crippen molar-refractivity contribution >= 4 is 29.9 Å². The Morgan fingerprint density at radius 2 is 2.21 bits per heavy atom. The maximum Gasteiger partial charge on any atom is 0.227 e. The van der Waals surface area contributed by atoms with E-state index >= 15 is 0 Å². The first kappa shape index (κ1) is 16.3. The molecule has 2 rings (SSSR count). The summed E-state index contributed by atoms with van der Waals surface area (Å²) in [6.45, 7) is 2.40. The Labute approximate surface area is 125 Å². The van der Waals surface area contributed by atoms with Crippen LogP contribution in [0.2, 0.25) is 5.02 Å². The van der Waals surface area contributed by atoms with Crippen molar-refractivity contribution in [3.05, 3.63) is 34.9 Å². The van der Waals surface area contributed by atoms with Crippen LogP contribution in [0.4, 0.5) is 0 Å². The molecule has 0 spiro atoms. The first-order valence-corrected chi connectivity index (χ1v) is 6.75. The number of amides is 1. The number of benzene rings is 1. The molecule has 19 heavy (non-hydrogen) atoms. The summed E-state index contributed by atoms with van der Waals surface area (Å²) in [7, 11) is 1.85. The molecule has 0 aliphatic carbocycles. The topological polar surface area (TPSA) is 32.3 Å². The molecule has 0 saturated carbocycles. The first-order valence-electron chi connectivity index (χ1n) is 6.37.